The Morgan fingerprint density at radius 2 is 2.05 bits per heavy atom. The topological polar surface area (TPSA) is 23.5 Å². The van der Waals surface area contributed by atoms with Gasteiger partial charge >= 0.3 is 0 Å². The van der Waals surface area contributed by atoms with Gasteiger partial charge in [0.15, 0.2) is 0 Å². The lowest BCUT2D eigenvalue weighted by Gasteiger charge is -2.25. The Morgan fingerprint density at radius 1 is 1.35 bits per heavy atom. The van der Waals surface area contributed by atoms with Crippen molar-refractivity contribution in [3.8, 4) is 0 Å². The van der Waals surface area contributed by atoms with Crippen LogP contribution in [0.1, 0.15) is 50.3 Å². The summed E-state index contributed by atoms with van der Waals surface area (Å²) >= 11 is 0. The standard InChI is InChI=1S/C17H26FNO/c1-12(2)11-19(15-6-7-15)9-8-17(20)14-5-4-13(3)16(18)10-14/h4-5,10,12,15,17,20H,6-9,11H2,1-3H3. The van der Waals surface area contributed by atoms with Crippen LogP contribution in [0.5, 0.6) is 0 Å². The molecule has 0 aromatic heterocycles. The number of rotatable bonds is 7. The molecule has 0 bridgehead atoms. The summed E-state index contributed by atoms with van der Waals surface area (Å²) < 4.78 is 13.5. The maximum absolute atomic E-state index is 13.5. The molecule has 0 aliphatic heterocycles. The Morgan fingerprint density at radius 3 is 2.60 bits per heavy atom. The van der Waals surface area contributed by atoms with Crippen LogP contribution in [0.3, 0.4) is 0 Å². The van der Waals surface area contributed by atoms with Crippen LogP contribution in [0.2, 0.25) is 0 Å². The molecule has 0 heterocycles. The molecule has 20 heavy (non-hydrogen) atoms. The molecule has 0 radical (unpaired) electrons. The van der Waals surface area contributed by atoms with E-state index in [1.54, 1.807) is 13.0 Å². The van der Waals surface area contributed by atoms with Crippen LogP contribution in [0, 0.1) is 18.7 Å². The van der Waals surface area contributed by atoms with Crippen LogP contribution in [-0.4, -0.2) is 29.1 Å². The third-order valence-corrected chi connectivity index (χ3v) is 3.93. The Kier molecular flexibility index (Phi) is 5.17. The summed E-state index contributed by atoms with van der Waals surface area (Å²) in [6.45, 7) is 8.16. The molecule has 1 aliphatic carbocycles. The summed E-state index contributed by atoms with van der Waals surface area (Å²) in [5.74, 6) is 0.410. The quantitative estimate of drug-likeness (QED) is 0.823. The Balaban J connectivity index is 1.89. The van der Waals surface area contributed by atoms with E-state index in [4.69, 9.17) is 0 Å². The van der Waals surface area contributed by atoms with E-state index in [9.17, 15) is 9.50 Å². The minimum absolute atomic E-state index is 0.234. The summed E-state index contributed by atoms with van der Waals surface area (Å²) in [6.07, 6.45) is 2.66. The first-order valence-electron chi connectivity index (χ1n) is 7.65. The van der Waals surface area contributed by atoms with E-state index in [0.29, 0.717) is 29.5 Å². The first kappa shape index (κ1) is 15.5. The molecule has 1 aromatic rings. The molecule has 1 saturated carbocycles. The highest BCUT2D eigenvalue weighted by molar-refractivity contribution is 5.24. The van der Waals surface area contributed by atoms with Crippen molar-refractivity contribution in [1.29, 1.82) is 0 Å². The zero-order valence-electron chi connectivity index (χ0n) is 12.8. The highest BCUT2D eigenvalue weighted by Crippen LogP contribution is 2.29. The molecule has 0 amide bonds. The second kappa shape index (κ2) is 6.68. The van der Waals surface area contributed by atoms with Crippen molar-refractivity contribution in [3.63, 3.8) is 0 Å². The van der Waals surface area contributed by atoms with Gasteiger partial charge in [0.25, 0.3) is 0 Å². The van der Waals surface area contributed by atoms with Crippen molar-refractivity contribution in [3.05, 3.63) is 35.1 Å². The van der Waals surface area contributed by atoms with E-state index in [1.807, 2.05) is 6.07 Å². The molecule has 1 fully saturated rings. The fourth-order valence-corrected chi connectivity index (χ4v) is 2.60. The van der Waals surface area contributed by atoms with Crippen molar-refractivity contribution >= 4 is 0 Å². The number of aliphatic hydroxyl groups excluding tert-OH is 1. The molecule has 1 atom stereocenters. The van der Waals surface area contributed by atoms with Crippen molar-refractivity contribution in [2.75, 3.05) is 13.1 Å². The van der Waals surface area contributed by atoms with Gasteiger partial charge in [0.1, 0.15) is 5.82 Å². The van der Waals surface area contributed by atoms with Gasteiger partial charge in [-0.05, 0) is 49.3 Å². The highest BCUT2D eigenvalue weighted by atomic mass is 19.1. The van der Waals surface area contributed by atoms with E-state index in [2.05, 4.69) is 18.7 Å². The van der Waals surface area contributed by atoms with Crippen LogP contribution < -0.4 is 0 Å². The third-order valence-electron chi connectivity index (χ3n) is 3.93. The molecule has 3 heteroatoms. The fraction of sp³-hybridized carbons (Fsp3) is 0.647. The van der Waals surface area contributed by atoms with Gasteiger partial charge in [0, 0.05) is 19.1 Å². The zero-order chi connectivity index (χ0) is 14.7. The number of aryl methyl sites for hydroxylation is 1. The lowest BCUT2D eigenvalue weighted by atomic mass is 10.0. The Hall–Kier alpha value is -0.930. The number of nitrogens with zero attached hydrogens (tertiary/aromatic N) is 1. The van der Waals surface area contributed by atoms with Crippen LogP contribution in [0.4, 0.5) is 4.39 Å². The molecule has 0 saturated heterocycles. The number of benzene rings is 1. The number of hydrogen-bond acceptors (Lipinski definition) is 2. The van der Waals surface area contributed by atoms with E-state index in [-0.39, 0.29) is 5.82 Å². The predicted octanol–water partition coefficient (Wildman–Crippen LogP) is 3.68. The summed E-state index contributed by atoms with van der Waals surface area (Å²) in [6, 6.07) is 5.73. The Labute approximate surface area is 121 Å². The van der Waals surface area contributed by atoms with Gasteiger partial charge in [-0.2, -0.15) is 0 Å². The van der Waals surface area contributed by atoms with Gasteiger partial charge in [-0.25, -0.2) is 4.39 Å². The van der Waals surface area contributed by atoms with Crippen LogP contribution in [-0.2, 0) is 0 Å². The van der Waals surface area contributed by atoms with Crippen LogP contribution in [0.15, 0.2) is 18.2 Å². The molecular weight excluding hydrogens is 253 g/mol. The van der Waals surface area contributed by atoms with E-state index < -0.39 is 6.10 Å². The van der Waals surface area contributed by atoms with Gasteiger partial charge in [0.2, 0.25) is 0 Å². The first-order chi connectivity index (χ1) is 9.47. The van der Waals surface area contributed by atoms with Crippen molar-refractivity contribution in [1.82, 2.24) is 4.90 Å². The summed E-state index contributed by atoms with van der Waals surface area (Å²) in [7, 11) is 0. The molecule has 112 valence electrons. The molecule has 1 aromatic carbocycles. The molecule has 0 spiro atoms. The number of hydrogen-bond donors (Lipinski definition) is 1. The van der Waals surface area contributed by atoms with Gasteiger partial charge in [-0.1, -0.05) is 26.0 Å². The first-order valence-corrected chi connectivity index (χ1v) is 7.65. The van der Waals surface area contributed by atoms with Crippen LogP contribution in [0.25, 0.3) is 0 Å². The minimum atomic E-state index is -0.571. The summed E-state index contributed by atoms with van der Waals surface area (Å²) in [5.41, 5.74) is 1.31. The number of aliphatic hydroxyl groups is 1. The second-order valence-electron chi connectivity index (χ2n) is 6.43. The largest absolute Gasteiger partial charge is 0.388 e. The normalized spacial score (nSPS) is 16.9. The Bertz CT molecular complexity index is 443. The lowest BCUT2D eigenvalue weighted by molar-refractivity contribution is 0.134. The molecular formula is C17H26FNO. The predicted molar refractivity (Wildman–Crippen MR) is 80.1 cm³/mol. The summed E-state index contributed by atoms with van der Waals surface area (Å²) in [5, 5.41) is 10.2. The molecule has 2 rings (SSSR count). The van der Waals surface area contributed by atoms with Gasteiger partial charge in [-0.15, -0.1) is 0 Å². The minimum Gasteiger partial charge on any atom is -0.388 e. The van der Waals surface area contributed by atoms with Crippen molar-refractivity contribution in [2.45, 2.75) is 52.2 Å². The molecule has 1 aliphatic rings. The molecule has 1 unspecified atom stereocenters. The lowest BCUT2D eigenvalue weighted by Crippen LogP contribution is -2.31. The zero-order valence-corrected chi connectivity index (χ0v) is 12.8. The summed E-state index contributed by atoms with van der Waals surface area (Å²) in [4.78, 5) is 2.47. The van der Waals surface area contributed by atoms with Gasteiger partial charge < -0.3 is 10.0 Å². The molecule has 1 N–H and O–H groups in total. The highest BCUT2D eigenvalue weighted by Gasteiger charge is 2.29. The second-order valence-corrected chi connectivity index (χ2v) is 6.43. The van der Waals surface area contributed by atoms with Crippen molar-refractivity contribution < 1.29 is 9.50 Å². The van der Waals surface area contributed by atoms with Gasteiger partial charge in [0.05, 0.1) is 6.10 Å². The maximum atomic E-state index is 13.5. The molecule has 2 nitrogen and oxygen atoms in total. The average molecular weight is 279 g/mol. The monoisotopic (exact) mass is 279 g/mol. The average Bonchev–Trinajstić information content (AvgIpc) is 3.21. The fourth-order valence-electron chi connectivity index (χ4n) is 2.60. The van der Waals surface area contributed by atoms with Crippen LogP contribution >= 0.6 is 0 Å². The number of halogens is 1. The van der Waals surface area contributed by atoms with E-state index in [0.717, 1.165) is 13.1 Å². The van der Waals surface area contributed by atoms with Gasteiger partial charge in [-0.3, -0.25) is 0 Å². The van der Waals surface area contributed by atoms with E-state index in [1.165, 1.54) is 18.9 Å². The smallest absolute Gasteiger partial charge is 0.126 e. The van der Waals surface area contributed by atoms with Crippen molar-refractivity contribution in [2.24, 2.45) is 5.92 Å². The third kappa shape index (κ3) is 4.29. The van der Waals surface area contributed by atoms with E-state index >= 15 is 0 Å². The maximum Gasteiger partial charge on any atom is 0.126 e. The SMILES string of the molecule is Cc1ccc(C(O)CCN(CC(C)C)C2CC2)cc1F.